The molecule has 6 heteroatoms. The Balaban J connectivity index is 0.000000500. The molecule has 2 N–H and O–H groups in total. The van der Waals surface area contributed by atoms with Gasteiger partial charge in [-0.05, 0) is 24.1 Å². The van der Waals surface area contributed by atoms with Gasteiger partial charge in [-0.1, -0.05) is 37.3 Å². The van der Waals surface area contributed by atoms with Crippen molar-refractivity contribution in [3.8, 4) is 0 Å². The Morgan fingerprint density at radius 3 is 2.38 bits per heavy atom. The van der Waals surface area contributed by atoms with Crippen LogP contribution in [-0.2, 0) is 20.7 Å². The lowest BCUT2D eigenvalue weighted by Crippen LogP contribution is -2.42. The molecule has 0 bridgehead atoms. The molecule has 0 radical (unpaired) electrons. The summed E-state index contributed by atoms with van der Waals surface area (Å²) in [6.45, 7) is 4.15. The van der Waals surface area contributed by atoms with Crippen molar-refractivity contribution in [3.63, 3.8) is 0 Å². The van der Waals surface area contributed by atoms with Crippen LogP contribution in [0.3, 0.4) is 0 Å². The summed E-state index contributed by atoms with van der Waals surface area (Å²) in [5.74, 6) is -0.833. The van der Waals surface area contributed by atoms with Crippen molar-refractivity contribution in [2.75, 3.05) is 20.3 Å². The third-order valence-electron chi connectivity index (χ3n) is 3.72. The zero-order valence-electron chi connectivity index (χ0n) is 15.3. The van der Waals surface area contributed by atoms with E-state index in [4.69, 9.17) is 19.7 Å². The molecule has 140 valence electrons. The predicted molar refractivity (Wildman–Crippen MR) is 101 cm³/mol. The van der Waals surface area contributed by atoms with Gasteiger partial charge in [0.1, 0.15) is 6.29 Å². The molecule has 3 rings (SSSR count). The van der Waals surface area contributed by atoms with Crippen LogP contribution in [0.15, 0.2) is 36.4 Å². The number of aliphatic hydroxyl groups excluding tert-OH is 1. The number of aliphatic carboxylic acids is 1. The minimum absolute atomic E-state index is 0.423. The van der Waals surface area contributed by atoms with Gasteiger partial charge in [-0.25, -0.2) is 0 Å². The Hall–Kier alpha value is -2.57. The summed E-state index contributed by atoms with van der Waals surface area (Å²) in [6.07, 6.45) is 5.83. The molecule has 0 amide bonds. The number of hydrogen-bond acceptors (Lipinski definition) is 5. The second-order valence-electron chi connectivity index (χ2n) is 5.80. The maximum atomic E-state index is 11.1. The second-order valence-corrected chi connectivity index (χ2v) is 5.80. The molecule has 6 nitrogen and oxygen atoms in total. The van der Waals surface area contributed by atoms with Crippen LogP contribution in [0, 0.1) is 5.41 Å². The van der Waals surface area contributed by atoms with Gasteiger partial charge in [0.2, 0.25) is 0 Å². The number of ether oxygens (including phenoxy) is 1. The summed E-state index contributed by atoms with van der Waals surface area (Å²) < 4.78 is 5.12. The molecule has 0 spiro atoms. The Kier molecular flexibility index (Phi) is 8.61. The summed E-state index contributed by atoms with van der Waals surface area (Å²) in [6, 6.07) is 10.3. The number of rotatable bonds is 4. The number of carboxylic acid groups (broad SMARTS) is 1. The van der Waals surface area contributed by atoms with Crippen molar-refractivity contribution in [3.05, 3.63) is 47.7 Å². The van der Waals surface area contributed by atoms with Gasteiger partial charge >= 0.3 is 0 Å². The third-order valence-corrected chi connectivity index (χ3v) is 3.72. The second kappa shape index (κ2) is 10.4. The molecular formula is C20H25NO5. The number of carbonyl (C=O) groups is 2. The van der Waals surface area contributed by atoms with E-state index in [2.05, 4.69) is 36.2 Å². The van der Waals surface area contributed by atoms with Crippen molar-refractivity contribution in [1.82, 2.24) is 4.98 Å². The van der Waals surface area contributed by atoms with E-state index in [9.17, 15) is 4.79 Å². The molecule has 1 aromatic heterocycles. The number of pyridine rings is 1. The number of nitrogens with zero attached hydrogens (tertiary/aromatic N) is 1. The fraction of sp³-hybridized carbons (Fsp3) is 0.350. The highest BCUT2D eigenvalue weighted by Crippen LogP contribution is 2.27. The lowest BCUT2D eigenvalue weighted by Gasteiger charge is -2.33. The fourth-order valence-electron chi connectivity index (χ4n) is 2.28. The number of carbonyl (C=O) groups excluding carboxylic acids is 1. The van der Waals surface area contributed by atoms with E-state index in [0.717, 1.165) is 48.9 Å². The molecule has 2 aromatic rings. The summed E-state index contributed by atoms with van der Waals surface area (Å²) in [5.41, 5.74) is 2.73. The monoisotopic (exact) mass is 359 g/mol. The average Bonchev–Trinajstić information content (AvgIpc) is 2.61. The van der Waals surface area contributed by atoms with E-state index in [-0.39, 0.29) is 0 Å². The topological polar surface area (TPSA) is 96.7 Å². The quantitative estimate of drug-likeness (QED) is 0.815. The van der Waals surface area contributed by atoms with Crippen LogP contribution >= 0.6 is 0 Å². The number of aromatic nitrogens is 1. The van der Waals surface area contributed by atoms with Crippen LogP contribution in [0.1, 0.15) is 25.1 Å². The highest BCUT2D eigenvalue weighted by atomic mass is 16.5. The van der Waals surface area contributed by atoms with E-state index in [0.29, 0.717) is 13.2 Å². The summed E-state index contributed by atoms with van der Waals surface area (Å²) >= 11 is 0. The standard InChI is InChI=1S/C17H17NO2.C2H4O2.CH4O/c1-2-15-6-5-14-4-3-13(9-16(14)18-15)7-8-17(10-19)11-20-12-17;1-2(3)4;1-2/h3-10H,2,11-12H2,1H3;1H3,(H,3,4);2H,1H3/b8-7+;;. The Morgan fingerprint density at radius 1 is 1.27 bits per heavy atom. The largest absolute Gasteiger partial charge is 0.481 e. The van der Waals surface area contributed by atoms with Gasteiger partial charge in [0, 0.05) is 25.1 Å². The highest BCUT2D eigenvalue weighted by molar-refractivity contribution is 5.81. The molecule has 0 saturated carbocycles. The number of aliphatic hydroxyl groups is 1. The van der Waals surface area contributed by atoms with E-state index in [1.807, 2.05) is 18.2 Å². The van der Waals surface area contributed by atoms with Gasteiger partial charge < -0.3 is 19.7 Å². The molecule has 0 unspecified atom stereocenters. The smallest absolute Gasteiger partial charge is 0.300 e. The number of carboxylic acids is 1. The Labute approximate surface area is 153 Å². The number of fused-ring (bicyclic) bond motifs is 1. The third kappa shape index (κ3) is 6.06. The lowest BCUT2D eigenvalue weighted by atomic mass is 9.87. The maximum Gasteiger partial charge on any atom is 0.300 e. The minimum atomic E-state index is -0.833. The molecule has 1 aliphatic rings. The molecule has 1 fully saturated rings. The van der Waals surface area contributed by atoms with Crippen molar-refractivity contribution >= 4 is 29.2 Å². The first-order valence-corrected chi connectivity index (χ1v) is 8.25. The number of hydrogen-bond donors (Lipinski definition) is 2. The van der Waals surface area contributed by atoms with Gasteiger partial charge in [0.05, 0.1) is 24.1 Å². The van der Waals surface area contributed by atoms with Crippen LogP contribution in [0.25, 0.3) is 17.0 Å². The van der Waals surface area contributed by atoms with Gasteiger partial charge in [-0.3, -0.25) is 9.78 Å². The summed E-state index contributed by atoms with van der Waals surface area (Å²) in [5, 5.41) is 15.6. The normalized spacial score (nSPS) is 14.5. The Bertz CT molecular complexity index is 762. The molecular weight excluding hydrogens is 334 g/mol. The summed E-state index contributed by atoms with van der Waals surface area (Å²) in [7, 11) is 1.00. The first kappa shape index (κ1) is 21.5. The van der Waals surface area contributed by atoms with Crippen molar-refractivity contribution in [1.29, 1.82) is 0 Å². The predicted octanol–water partition coefficient (Wildman–Crippen LogP) is 2.73. The molecule has 1 aromatic carbocycles. The fourth-order valence-corrected chi connectivity index (χ4v) is 2.28. The van der Waals surface area contributed by atoms with Crippen LogP contribution < -0.4 is 0 Å². The minimum Gasteiger partial charge on any atom is -0.481 e. The first-order chi connectivity index (χ1) is 12.5. The zero-order valence-corrected chi connectivity index (χ0v) is 15.3. The lowest BCUT2D eigenvalue weighted by molar-refractivity contribution is -0.136. The Morgan fingerprint density at radius 2 is 1.88 bits per heavy atom. The number of benzene rings is 1. The first-order valence-electron chi connectivity index (χ1n) is 8.25. The molecule has 0 aliphatic carbocycles. The van der Waals surface area contributed by atoms with Crippen molar-refractivity contribution < 1.29 is 24.5 Å². The average molecular weight is 359 g/mol. The number of aryl methyl sites for hydroxylation is 1. The molecule has 1 saturated heterocycles. The van der Waals surface area contributed by atoms with Crippen LogP contribution in [0.2, 0.25) is 0 Å². The molecule has 26 heavy (non-hydrogen) atoms. The van der Waals surface area contributed by atoms with E-state index < -0.39 is 11.4 Å². The molecule has 1 aliphatic heterocycles. The highest BCUT2D eigenvalue weighted by Gasteiger charge is 2.35. The van der Waals surface area contributed by atoms with Gasteiger partial charge in [-0.15, -0.1) is 0 Å². The summed E-state index contributed by atoms with van der Waals surface area (Å²) in [4.78, 5) is 24.7. The van der Waals surface area contributed by atoms with Gasteiger partial charge in [0.15, 0.2) is 0 Å². The van der Waals surface area contributed by atoms with Gasteiger partial charge in [0.25, 0.3) is 5.97 Å². The van der Waals surface area contributed by atoms with E-state index in [1.165, 1.54) is 0 Å². The van der Waals surface area contributed by atoms with Crippen LogP contribution in [0.4, 0.5) is 0 Å². The molecule has 2 heterocycles. The van der Waals surface area contributed by atoms with Crippen molar-refractivity contribution in [2.24, 2.45) is 5.41 Å². The SMILES string of the molecule is CC(=O)O.CCc1ccc2ccc(/C=C/C3(C=O)COC3)cc2n1.CO. The number of aldehydes is 1. The van der Waals surface area contributed by atoms with Gasteiger partial charge in [-0.2, -0.15) is 0 Å². The zero-order chi connectivity index (χ0) is 19.6. The van der Waals surface area contributed by atoms with E-state index in [1.54, 1.807) is 0 Å². The molecule has 0 atom stereocenters. The van der Waals surface area contributed by atoms with Crippen molar-refractivity contribution in [2.45, 2.75) is 20.3 Å². The van der Waals surface area contributed by atoms with Crippen LogP contribution in [-0.4, -0.2) is 47.8 Å². The van der Waals surface area contributed by atoms with Crippen LogP contribution in [0.5, 0.6) is 0 Å². The maximum absolute atomic E-state index is 11.1. The van der Waals surface area contributed by atoms with E-state index >= 15 is 0 Å².